The lowest BCUT2D eigenvalue weighted by Crippen LogP contribution is -2.69. The van der Waals surface area contributed by atoms with Gasteiger partial charge in [-0.1, -0.05) is 67.0 Å². The summed E-state index contributed by atoms with van der Waals surface area (Å²) in [5, 5.41) is 22.7. The normalized spacial score (nSPS) is 54.9. The number of aliphatic hydroxyl groups is 2. The molecule has 5 rings (SSSR count). The quantitative estimate of drug-likeness (QED) is 0.419. The van der Waals surface area contributed by atoms with E-state index in [1.165, 1.54) is 5.57 Å². The fourth-order valence-electron chi connectivity index (χ4n) is 10.4. The van der Waals surface area contributed by atoms with Crippen molar-refractivity contribution in [2.24, 2.45) is 50.2 Å². The number of carbonyl (C=O) groups excluding carboxylic acids is 1. The topological polar surface area (TPSA) is 57.5 Å². The fraction of sp³-hybridized carbons (Fsp3) is 0.900. The minimum Gasteiger partial charge on any atom is -0.393 e. The van der Waals surface area contributed by atoms with Crippen LogP contribution in [0.1, 0.15) is 107 Å². The molecule has 186 valence electrons. The number of Topliss-reactive ketones (excluding diaryl/α,β-unsaturated/α-hetero) is 1. The third-order valence-electron chi connectivity index (χ3n) is 13.0. The molecule has 4 saturated carbocycles. The lowest BCUT2D eigenvalue weighted by Gasteiger charge is -2.71. The molecule has 3 nitrogen and oxygen atoms in total. The second kappa shape index (κ2) is 6.75. The number of allylic oxidation sites excluding steroid dienone is 1. The first kappa shape index (κ1) is 24.0. The van der Waals surface area contributed by atoms with Crippen LogP contribution in [-0.4, -0.2) is 28.2 Å². The first-order valence-electron chi connectivity index (χ1n) is 13.7. The predicted molar refractivity (Wildman–Crippen MR) is 132 cm³/mol. The van der Waals surface area contributed by atoms with Crippen molar-refractivity contribution in [2.75, 3.05) is 0 Å². The Kier molecular flexibility index (Phi) is 4.92. The molecule has 2 N–H and O–H groups in total. The number of hydrogen-bond acceptors (Lipinski definition) is 3. The van der Waals surface area contributed by atoms with Gasteiger partial charge in [0, 0.05) is 10.8 Å². The summed E-state index contributed by atoms with van der Waals surface area (Å²) in [7, 11) is 0. The van der Waals surface area contributed by atoms with E-state index in [-0.39, 0.29) is 39.5 Å². The zero-order valence-corrected chi connectivity index (χ0v) is 22.4. The smallest absolute Gasteiger partial charge is 0.168 e. The van der Waals surface area contributed by atoms with Crippen molar-refractivity contribution in [3.8, 4) is 0 Å². The van der Waals surface area contributed by atoms with Gasteiger partial charge >= 0.3 is 0 Å². The number of ketones is 1. The van der Waals surface area contributed by atoms with Gasteiger partial charge in [-0.05, 0) is 90.8 Å². The molecule has 0 unspecified atom stereocenters. The molecule has 9 atom stereocenters. The molecule has 4 fully saturated rings. The molecule has 0 bridgehead atoms. The van der Waals surface area contributed by atoms with E-state index in [0.29, 0.717) is 11.8 Å². The number of fused-ring (bicyclic) bond motifs is 7. The summed E-state index contributed by atoms with van der Waals surface area (Å²) >= 11 is 0. The van der Waals surface area contributed by atoms with Gasteiger partial charge < -0.3 is 10.2 Å². The first-order chi connectivity index (χ1) is 15.1. The highest BCUT2D eigenvalue weighted by atomic mass is 16.3. The molecule has 5 aliphatic rings. The minimum absolute atomic E-state index is 0.0911. The van der Waals surface area contributed by atoms with Crippen LogP contribution in [0, 0.1) is 50.2 Å². The summed E-state index contributed by atoms with van der Waals surface area (Å²) in [6.45, 7) is 18.5. The molecular formula is C30H48O3. The van der Waals surface area contributed by atoms with E-state index in [9.17, 15) is 15.0 Å². The van der Waals surface area contributed by atoms with Gasteiger partial charge in [0.25, 0.3) is 0 Å². The number of hydrogen-bond donors (Lipinski definition) is 2. The molecule has 0 spiro atoms. The molecule has 0 aromatic rings. The molecule has 5 aliphatic carbocycles. The highest BCUT2D eigenvalue weighted by molar-refractivity contribution is 5.92. The summed E-state index contributed by atoms with van der Waals surface area (Å²) < 4.78 is 0. The molecule has 0 aliphatic heterocycles. The molecule has 33 heavy (non-hydrogen) atoms. The van der Waals surface area contributed by atoms with Crippen molar-refractivity contribution in [1.82, 2.24) is 0 Å². The predicted octanol–water partition coefficient (Wildman–Crippen LogP) is 6.32. The van der Waals surface area contributed by atoms with Crippen LogP contribution in [0.15, 0.2) is 11.6 Å². The van der Waals surface area contributed by atoms with Crippen molar-refractivity contribution < 1.29 is 15.0 Å². The summed E-state index contributed by atoms with van der Waals surface area (Å²) in [5.41, 5.74) is 0.626. The van der Waals surface area contributed by atoms with E-state index in [2.05, 4.69) is 61.5 Å². The van der Waals surface area contributed by atoms with Gasteiger partial charge in [0.2, 0.25) is 0 Å². The van der Waals surface area contributed by atoms with Crippen LogP contribution in [-0.2, 0) is 4.79 Å². The maximum atomic E-state index is 14.0. The fourth-order valence-corrected chi connectivity index (χ4v) is 10.4. The molecule has 0 saturated heterocycles. The summed E-state index contributed by atoms with van der Waals surface area (Å²) in [6, 6.07) is 0. The third kappa shape index (κ3) is 2.73. The van der Waals surface area contributed by atoms with Crippen molar-refractivity contribution in [2.45, 2.75) is 119 Å². The van der Waals surface area contributed by atoms with E-state index in [1.807, 2.05) is 0 Å². The third-order valence-corrected chi connectivity index (χ3v) is 13.0. The van der Waals surface area contributed by atoms with Gasteiger partial charge in [0.15, 0.2) is 5.78 Å². The first-order valence-corrected chi connectivity index (χ1v) is 13.7. The van der Waals surface area contributed by atoms with Crippen LogP contribution in [0.4, 0.5) is 0 Å². The monoisotopic (exact) mass is 456 g/mol. The number of aliphatic hydroxyl groups excluding tert-OH is 2. The average molecular weight is 457 g/mol. The Hall–Kier alpha value is -0.670. The van der Waals surface area contributed by atoms with Crippen molar-refractivity contribution in [1.29, 1.82) is 0 Å². The largest absolute Gasteiger partial charge is 0.393 e. The van der Waals surface area contributed by atoms with Gasteiger partial charge in [0.1, 0.15) is 6.10 Å². The Morgan fingerprint density at radius 3 is 2.18 bits per heavy atom. The second-order valence-electron chi connectivity index (χ2n) is 15.1. The second-order valence-corrected chi connectivity index (χ2v) is 15.1. The van der Waals surface area contributed by atoms with Gasteiger partial charge in [-0.2, -0.15) is 0 Å². The molecule has 0 amide bonds. The zero-order valence-electron chi connectivity index (χ0n) is 22.4. The van der Waals surface area contributed by atoms with Gasteiger partial charge in [-0.25, -0.2) is 0 Å². The Bertz CT molecular complexity index is 900. The standard InChI is InChI=1S/C30H48O3/c1-25(2)15-16-27(5)19(17-25)18-9-10-21-28(6)13-12-22(31)26(3,4)20(28)11-14-29(21,7)30(18,8)24(33)23(27)32/h9,19-22,24,31,33H,10-17H2,1-8H3/t19-,20-,21+,22-,24-,27-,28-,29+,30-/m0/s1. The van der Waals surface area contributed by atoms with Gasteiger partial charge in [0.05, 0.1) is 6.10 Å². The van der Waals surface area contributed by atoms with Crippen LogP contribution in [0.5, 0.6) is 0 Å². The van der Waals surface area contributed by atoms with Gasteiger partial charge in [-0.3, -0.25) is 4.79 Å². The molecule has 0 heterocycles. The van der Waals surface area contributed by atoms with E-state index < -0.39 is 16.9 Å². The lowest BCUT2D eigenvalue weighted by atomic mass is 9.33. The van der Waals surface area contributed by atoms with Crippen LogP contribution in [0.3, 0.4) is 0 Å². The zero-order chi connectivity index (χ0) is 24.4. The Morgan fingerprint density at radius 1 is 0.848 bits per heavy atom. The lowest BCUT2D eigenvalue weighted by molar-refractivity contribution is -0.219. The Labute approximate surface area is 201 Å². The van der Waals surface area contributed by atoms with E-state index >= 15 is 0 Å². The van der Waals surface area contributed by atoms with Gasteiger partial charge in [-0.15, -0.1) is 0 Å². The highest BCUT2D eigenvalue weighted by Crippen LogP contribution is 2.75. The molecular weight excluding hydrogens is 408 g/mol. The van der Waals surface area contributed by atoms with Crippen LogP contribution < -0.4 is 0 Å². The molecule has 0 radical (unpaired) electrons. The van der Waals surface area contributed by atoms with Crippen LogP contribution in [0.25, 0.3) is 0 Å². The van der Waals surface area contributed by atoms with Crippen LogP contribution >= 0.6 is 0 Å². The van der Waals surface area contributed by atoms with E-state index in [1.54, 1.807) is 0 Å². The summed E-state index contributed by atoms with van der Waals surface area (Å²) in [6.07, 6.45) is 9.38. The maximum Gasteiger partial charge on any atom is 0.168 e. The van der Waals surface area contributed by atoms with Crippen molar-refractivity contribution in [3.05, 3.63) is 11.6 Å². The Morgan fingerprint density at radius 2 is 1.52 bits per heavy atom. The number of rotatable bonds is 0. The molecule has 0 aromatic heterocycles. The van der Waals surface area contributed by atoms with E-state index in [4.69, 9.17) is 0 Å². The minimum atomic E-state index is -0.915. The van der Waals surface area contributed by atoms with Crippen LogP contribution in [0.2, 0.25) is 0 Å². The molecule has 0 aromatic carbocycles. The maximum absolute atomic E-state index is 14.0. The SMILES string of the molecule is CC1(C)CC[C@]2(C)C(=O)[C@H](O)[C@]3(C)C(=CC[C@@H]4[C@@]5(C)CC[C@H](O)C(C)(C)[C@@H]5CC[C@]43C)[C@@H]2C1. The average Bonchev–Trinajstić information content (AvgIpc) is 2.72. The van der Waals surface area contributed by atoms with E-state index in [0.717, 1.165) is 51.4 Å². The number of carbonyl (C=O) groups is 1. The highest BCUT2D eigenvalue weighted by Gasteiger charge is 2.72. The summed E-state index contributed by atoms with van der Waals surface area (Å²) in [4.78, 5) is 14.0. The van der Waals surface area contributed by atoms with Crippen molar-refractivity contribution in [3.63, 3.8) is 0 Å². The summed E-state index contributed by atoms with van der Waals surface area (Å²) in [5.74, 6) is 1.25. The van der Waals surface area contributed by atoms with Crippen molar-refractivity contribution >= 4 is 5.78 Å². The Balaban J connectivity index is 1.64. The molecule has 3 heteroatoms.